The average molecular weight is 312 g/mol. The van der Waals surface area contributed by atoms with Crippen molar-refractivity contribution in [2.75, 3.05) is 19.8 Å². The van der Waals surface area contributed by atoms with Crippen molar-refractivity contribution >= 4 is 15.9 Å². The summed E-state index contributed by atoms with van der Waals surface area (Å²) >= 11 is 3.32. The Bertz CT molecular complexity index is 438. The summed E-state index contributed by atoms with van der Waals surface area (Å²) in [7, 11) is 0. The average Bonchev–Trinajstić information content (AvgIpc) is 2.41. The van der Waals surface area contributed by atoms with Gasteiger partial charge in [0.05, 0.1) is 25.4 Å². The van der Waals surface area contributed by atoms with Crippen molar-refractivity contribution in [2.45, 2.75) is 19.1 Å². The monoisotopic (exact) mass is 311 g/mol. The summed E-state index contributed by atoms with van der Waals surface area (Å²) in [6, 6.07) is 7.48. The third kappa shape index (κ3) is 3.70. The van der Waals surface area contributed by atoms with E-state index >= 15 is 0 Å². The van der Waals surface area contributed by atoms with Crippen LogP contribution in [0.5, 0.6) is 5.75 Å². The van der Waals surface area contributed by atoms with Crippen molar-refractivity contribution in [3.63, 3.8) is 0 Å². The smallest absolute Gasteiger partial charge is 0.160 e. The minimum atomic E-state index is -0.181. The molecule has 5 heteroatoms. The predicted octanol–water partition coefficient (Wildman–Crippen LogP) is 2.85. The van der Waals surface area contributed by atoms with Gasteiger partial charge in [-0.05, 0) is 24.6 Å². The minimum Gasteiger partial charge on any atom is -0.492 e. The quantitative estimate of drug-likeness (QED) is 0.858. The first kappa shape index (κ1) is 13.3. The van der Waals surface area contributed by atoms with Gasteiger partial charge in [0.25, 0.3) is 0 Å². The molecule has 4 nitrogen and oxygen atoms in total. The third-order valence-corrected chi connectivity index (χ3v) is 3.06. The van der Waals surface area contributed by atoms with Crippen LogP contribution in [0, 0.1) is 11.3 Å². The van der Waals surface area contributed by atoms with Crippen LogP contribution in [0.15, 0.2) is 22.7 Å². The Morgan fingerprint density at radius 1 is 1.39 bits per heavy atom. The maximum absolute atomic E-state index is 8.99. The van der Waals surface area contributed by atoms with Gasteiger partial charge >= 0.3 is 0 Å². The van der Waals surface area contributed by atoms with E-state index in [-0.39, 0.29) is 6.29 Å². The van der Waals surface area contributed by atoms with Gasteiger partial charge in [-0.3, -0.25) is 0 Å². The van der Waals surface area contributed by atoms with Crippen molar-refractivity contribution < 1.29 is 14.2 Å². The Labute approximate surface area is 115 Å². The van der Waals surface area contributed by atoms with Crippen LogP contribution in [-0.2, 0) is 9.47 Å². The lowest BCUT2D eigenvalue weighted by Crippen LogP contribution is -2.26. The van der Waals surface area contributed by atoms with E-state index in [0.717, 1.165) is 24.1 Å². The van der Waals surface area contributed by atoms with Crippen molar-refractivity contribution in [2.24, 2.45) is 0 Å². The van der Waals surface area contributed by atoms with Gasteiger partial charge in [-0.1, -0.05) is 15.9 Å². The molecule has 2 rings (SSSR count). The Balaban J connectivity index is 1.84. The van der Waals surface area contributed by atoms with Gasteiger partial charge in [-0.25, -0.2) is 0 Å². The van der Waals surface area contributed by atoms with Gasteiger partial charge in [-0.2, -0.15) is 5.26 Å². The summed E-state index contributed by atoms with van der Waals surface area (Å²) in [5.41, 5.74) is 0.523. The standard InChI is InChI=1S/C13H14BrNO3/c14-11-2-3-12(10(8-11)9-15)16-7-4-13-17-5-1-6-18-13/h2-3,8,13H,1,4-7H2. The molecular weight excluding hydrogens is 298 g/mol. The molecule has 1 fully saturated rings. The molecule has 0 radical (unpaired) electrons. The van der Waals surface area contributed by atoms with Crippen LogP contribution in [0.25, 0.3) is 0 Å². The van der Waals surface area contributed by atoms with Crippen LogP contribution in [0.2, 0.25) is 0 Å². The molecule has 0 aromatic heterocycles. The molecule has 1 saturated heterocycles. The summed E-state index contributed by atoms with van der Waals surface area (Å²) < 4.78 is 17.3. The highest BCUT2D eigenvalue weighted by molar-refractivity contribution is 9.10. The second-order valence-electron chi connectivity index (χ2n) is 3.91. The second kappa shape index (κ2) is 6.74. The lowest BCUT2D eigenvalue weighted by atomic mass is 10.2. The van der Waals surface area contributed by atoms with Crippen LogP contribution in [0.1, 0.15) is 18.4 Å². The van der Waals surface area contributed by atoms with Crippen LogP contribution in [-0.4, -0.2) is 26.1 Å². The summed E-state index contributed by atoms with van der Waals surface area (Å²) in [5, 5.41) is 8.99. The molecule has 96 valence electrons. The molecule has 0 amide bonds. The van der Waals surface area contributed by atoms with Crippen LogP contribution in [0.3, 0.4) is 0 Å². The Kier molecular flexibility index (Phi) is 5.00. The van der Waals surface area contributed by atoms with Gasteiger partial charge in [-0.15, -0.1) is 0 Å². The number of benzene rings is 1. The Hall–Kier alpha value is -1.09. The van der Waals surface area contributed by atoms with Crippen LogP contribution >= 0.6 is 15.9 Å². The zero-order valence-electron chi connectivity index (χ0n) is 9.89. The molecule has 1 aliphatic heterocycles. The maximum Gasteiger partial charge on any atom is 0.160 e. The molecule has 0 spiro atoms. The van der Waals surface area contributed by atoms with Gasteiger partial charge in [0.1, 0.15) is 11.8 Å². The highest BCUT2D eigenvalue weighted by atomic mass is 79.9. The number of hydrogen-bond acceptors (Lipinski definition) is 4. The lowest BCUT2D eigenvalue weighted by Gasteiger charge is -2.23. The Morgan fingerprint density at radius 2 is 2.17 bits per heavy atom. The number of hydrogen-bond donors (Lipinski definition) is 0. The molecule has 1 aliphatic rings. The van der Waals surface area contributed by atoms with E-state index in [9.17, 15) is 0 Å². The molecule has 1 aromatic rings. The molecule has 1 aromatic carbocycles. The zero-order chi connectivity index (χ0) is 12.8. The van der Waals surface area contributed by atoms with E-state index in [4.69, 9.17) is 19.5 Å². The molecule has 1 heterocycles. The van der Waals surface area contributed by atoms with E-state index in [1.165, 1.54) is 0 Å². The third-order valence-electron chi connectivity index (χ3n) is 2.57. The van der Waals surface area contributed by atoms with E-state index < -0.39 is 0 Å². The van der Waals surface area contributed by atoms with Gasteiger partial charge in [0.2, 0.25) is 0 Å². The number of rotatable bonds is 4. The zero-order valence-corrected chi connectivity index (χ0v) is 11.5. The first-order valence-electron chi connectivity index (χ1n) is 5.85. The van der Waals surface area contributed by atoms with Crippen molar-refractivity contribution in [1.82, 2.24) is 0 Å². The van der Waals surface area contributed by atoms with Crippen molar-refractivity contribution in [1.29, 1.82) is 5.26 Å². The van der Waals surface area contributed by atoms with E-state index in [1.54, 1.807) is 12.1 Å². The van der Waals surface area contributed by atoms with E-state index in [0.29, 0.717) is 24.3 Å². The number of ether oxygens (including phenoxy) is 3. The molecule has 18 heavy (non-hydrogen) atoms. The van der Waals surface area contributed by atoms with Crippen molar-refractivity contribution in [3.8, 4) is 11.8 Å². The van der Waals surface area contributed by atoms with Gasteiger partial charge in [0, 0.05) is 10.9 Å². The fourth-order valence-electron chi connectivity index (χ4n) is 1.68. The molecular formula is C13H14BrNO3. The van der Waals surface area contributed by atoms with Gasteiger partial charge < -0.3 is 14.2 Å². The number of halogens is 1. The predicted molar refractivity (Wildman–Crippen MR) is 69.3 cm³/mol. The maximum atomic E-state index is 8.99. The topological polar surface area (TPSA) is 51.5 Å². The SMILES string of the molecule is N#Cc1cc(Br)ccc1OCCC1OCCCO1. The minimum absolute atomic E-state index is 0.181. The molecule has 0 saturated carbocycles. The lowest BCUT2D eigenvalue weighted by molar-refractivity contribution is -0.183. The molecule has 0 N–H and O–H groups in total. The molecule has 0 bridgehead atoms. The molecule has 0 atom stereocenters. The fraction of sp³-hybridized carbons (Fsp3) is 0.462. The van der Waals surface area contributed by atoms with Crippen LogP contribution < -0.4 is 4.74 Å². The van der Waals surface area contributed by atoms with Gasteiger partial charge in [0.15, 0.2) is 6.29 Å². The van der Waals surface area contributed by atoms with Crippen molar-refractivity contribution in [3.05, 3.63) is 28.2 Å². The fourth-order valence-corrected chi connectivity index (χ4v) is 2.04. The first-order valence-corrected chi connectivity index (χ1v) is 6.64. The highest BCUT2D eigenvalue weighted by Gasteiger charge is 2.14. The number of nitriles is 1. The molecule has 0 aliphatic carbocycles. The first-order chi connectivity index (χ1) is 8.79. The summed E-state index contributed by atoms with van der Waals surface area (Å²) in [6.45, 7) is 1.96. The summed E-state index contributed by atoms with van der Waals surface area (Å²) in [5.74, 6) is 0.594. The number of nitrogens with zero attached hydrogens (tertiary/aromatic N) is 1. The van der Waals surface area contributed by atoms with Crippen LogP contribution in [0.4, 0.5) is 0 Å². The Morgan fingerprint density at radius 3 is 2.89 bits per heavy atom. The van der Waals surface area contributed by atoms with E-state index in [1.807, 2.05) is 6.07 Å². The second-order valence-corrected chi connectivity index (χ2v) is 4.83. The normalized spacial score (nSPS) is 16.2. The highest BCUT2D eigenvalue weighted by Crippen LogP contribution is 2.22. The summed E-state index contributed by atoms with van der Waals surface area (Å²) in [4.78, 5) is 0. The largest absolute Gasteiger partial charge is 0.492 e. The van der Waals surface area contributed by atoms with E-state index in [2.05, 4.69) is 22.0 Å². The summed E-state index contributed by atoms with van der Waals surface area (Å²) in [6.07, 6.45) is 1.43. The molecule has 0 unspecified atom stereocenters.